The maximum absolute atomic E-state index is 14.7. The third kappa shape index (κ3) is 6.30. The van der Waals surface area contributed by atoms with Gasteiger partial charge in [-0.05, 0) is 52.8 Å². The van der Waals surface area contributed by atoms with Gasteiger partial charge >= 0.3 is 12.4 Å². The van der Waals surface area contributed by atoms with Crippen molar-refractivity contribution in [3.63, 3.8) is 0 Å². The summed E-state index contributed by atoms with van der Waals surface area (Å²) in [6, 6.07) is 5.15. The molecule has 0 spiro atoms. The van der Waals surface area contributed by atoms with Gasteiger partial charge in [0.2, 0.25) is 0 Å². The fourth-order valence-corrected chi connectivity index (χ4v) is 3.27. The normalized spacial score (nSPS) is 13.9. The van der Waals surface area contributed by atoms with Gasteiger partial charge in [-0.2, -0.15) is 26.3 Å². The number of likely N-dealkylation sites (N-methyl/N-ethyl adjacent to an activating group) is 1. The van der Waals surface area contributed by atoms with Crippen LogP contribution in [0.15, 0.2) is 46.9 Å². The molecular weight excluding hydrogens is 519 g/mol. The highest BCUT2D eigenvalue weighted by atomic mass is 79.9. The quantitative estimate of drug-likeness (QED) is 0.315. The van der Waals surface area contributed by atoms with E-state index in [0.717, 1.165) is 24.3 Å². The number of carbonyl (C=O) groups is 1. The van der Waals surface area contributed by atoms with Crippen LogP contribution in [-0.4, -0.2) is 25.6 Å². The Balaban J connectivity index is 2.57. The average Bonchev–Trinajstić information content (AvgIpc) is 2.66. The van der Waals surface area contributed by atoms with E-state index >= 15 is 0 Å². The molecule has 0 aliphatic rings. The van der Waals surface area contributed by atoms with Crippen molar-refractivity contribution in [2.45, 2.75) is 18.3 Å². The number of carbonyl (C=O) groups excluding carboxylic acids is 1. The molecule has 31 heavy (non-hydrogen) atoms. The van der Waals surface area contributed by atoms with Gasteiger partial charge < -0.3 is 5.32 Å². The summed E-state index contributed by atoms with van der Waals surface area (Å²) in [4.78, 5) is 11.9. The van der Waals surface area contributed by atoms with Crippen LogP contribution >= 0.6 is 27.5 Å². The molecule has 0 aromatic heterocycles. The summed E-state index contributed by atoms with van der Waals surface area (Å²) in [6.07, 6.45) is -9.76. The van der Waals surface area contributed by atoms with Gasteiger partial charge in [-0.25, -0.2) is 4.39 Å². The summed E-state index contributed by atoms with van der Waals surface area (Å²) >= 11 is 8.75. The Labute approximate surface area is 186 Å². The van der Waals surface area contributed by atoms with Crippen LogP contribution in [0, 0.1) is 0 Å². The molecule has 0 fully saturated rings. The predicted octanol–water partition coefficient (Wildman–Crippen LogP) is 7.18. The first kappa shape index (κ1) is 25.4. The summed E-state index contributed by atoms with van der Waals surface area (Å²) in [5, 5.41) is 2.54. The molecule has 2 rings (SSSR count). The molecule has 0 heterocycles. The van der Waals surface area contributed by atoms with E-state index in [0.29, 0.717) is 6.07 Å². The minimum Gasteiger partial charge on any atom is -0.313 e. The topological polar surface area (TPSA) is 29.1 Å². The molecule has 2 aromatic carbocycles. The van der Waals surface area contributed by atoms with Crippen molar-refractivity contribution in [2.75, 3.05) is 13.6 Å². The van der Waals surface area contributed by atoms with E-state index in [1.54, 1.807) is 0 Å². The first-order chi connectivity index (χ1) is 14.3. The maximum atomic E-state index is 14.7. The lowest BCUT2D eigenvalue weighted by atomic mass is 9.95. The number of rotatable bonds is 6. The van der Waals surface area contributed by atoms with Gasteiger partial charge in [0.05, 0.1) is 17.1 Å². The van der Waals surface area contributed by atoms with E-state index in [1.807, 2.05) is 0 Å². The molecule has 0 saturated heterocycles. The maximum Gasteiger partial charge on any atom is 0.417 e. The van der Waals surface area contributed by atoms with Crippen LogP contribution in [0.5, 0.6) is 0 Å². The second-order valence-corrected chi connectivity index (χ2v) is 7.68. The van der Waals surface area contributed by atoms with Gasteiger partial charge in [-0.15, -0.1) is 0 Å². The number of hydrogen-bond donors (Lipinski definition) is 1. The van der Waals surface area contributed by atoms with Crippen LogP contribution in [0.2, 0.25) is 5.02 Å². The van der Waals surface area contributed by atoms with Gasteiger partial charge in [-0.3, -0.25) is 4.79 Å². The van der Waals surface area contributed by atoms with E-state index in [4.69, 9.17) is 11.6 Å². The highest BCUT2D eigenvalue weighted by Gasteiger charge is 2.40. The molecule has 168 valence electrons. The zero-order chi connectivity index (χ0) is 23.6. The van der Waals surface area contributed by atoms with Gasteiger partial charge in [0.1, 0.15) is 11.7 Å². The first-order valence-corrected chi connectivity index (χ1v) is 9.71. The Hall–Kier alpha value is -1.91. The second-order valence-electron chi connectivity index (χ2n) is 6.42. The minimum atomic E-state index is -5.01. The lowest BCUT2D eigenvalue weighted by molar-refractivity contribution is -0.140. The van der Waals surface area contributed by atoms with E-state index in [9.17, 15) is 35.5 Å². The Morgan fingerprint density at radius 2 is 1.77 bits per heavy atom. The van der Waals surface area contributed by atoms with E-state index in [2.05, 4.69) is 21.2 Å². The number of Topliss-reactive ketones (excluding diaryl/α,β-unsaturated/α-hetero) is 1. The molecule has 0 radical (unpaired) electrons. The molecule has 1 N–H and O–H groups in total. The van der Waals surface area contributed by atoms with E-state index < -0.39 is 53.1 Å². The van der Waals surface area contributed by atoms with Crippen molar-refractivity contribution in [3.8, 4) is 0 Å². The third-order valence-electron chi connectivity index (χ3n) is 4.21. The van der Waals surface area contributed by atoms with Crippen LogP contribution in [0.25, 0.3) is 5.83 Å². The predicted molar refractivity (Wildman–Crippen MR) is 107 cm³/mol. The molecule has 2 nitrogen and oxygen atoms in total. The highest BCUT2D eigenvalue weighted by molar-refractivity contribution is 9.10. The Morgan fingerprint density at radius 3 is 2.29 bits per heavy atom. The number of halogens is 9. The molecule has 1 unspecified atom stereocenters. The Kier molecular flexibility index (Phi) is 7.94. The standard InChI is InChI=1S/C20H14BrClF7NO/c1-30-9-18(31)12-4-2-11(6-14(12)20(27,28)29)17(23)8-13(19(24,25)26)10-3-5-16(22)15(21)7-10/h2-8,13,30H,9H2,1H3/b17-8-. The van der Waals surface area contributed by atoms with Crippen LogP contribution in [0.3, 0.4) is 0 Å². The van der Waals surface area contributed by atoms with Crippen LogP contribution in [0.4, 0.5) is 30.7 Å². The van der Waals surface area contributed by atoms with Gasteiger partial charge in [0.15, 0.2) is 5.78 Å². The highest BCUT2D eigenvalue weighted by Crippen LogP contribution is 2.41. The molecule has 0 aliphatic carbocycles. The zero-order valence-electron chi connectivity index (χ0n) is 15.6. The van der Waals surface area contributed by atoms with Gasteiger partial charge in [0.25, 0.3) is 0 Å². The first-order valence-electron chi connectivity index (χ1n) is 8.54. The van der Waals surface area contributed by atoms with Crippen LogP contribution < -0.4 is 5.32 Å². The molecule has 0 saturated carbocycles. The Bertz CT molecular complexity index is 1000. The Morgan fingerprint density at radius 1 is 1.13 bits per heavy atom. The van der Waals surface area contributed by atoms with E-state index in [-0.39, 0.29) is 21.1 Å². The van der Waals surface area contributed by atoms with Crippen molar-refractivity contribution in [1.82, 2.24) is 5.32 Å². The number of benzene rings is 2. The van der Waals surface area contributed by atoms with Crippen molar-refractivity contribution in [1.29, 1.82) is 0 Å². The zero-order valence-corrected chi connectivity index (χ0v) is 18.0. The summed E-state index contributed by atoms with van der Waals surface area (Å²) in [5.41, 5.74) is -3.26. The van der Waals surface area contributed by atoms with Crippen molar-refractivity contribution in [2.24, 2.45) is 0 Å². The van der Waals surface area contributed by atoms with Crippen molar-refractivity contribution < 1.29 is 35.5 Å². The van der Waals surface area contributed by atoms with Crippen molar-refractivity contribution >= 4 is 39.1 Å². The monoisotopic (exact) mass is 531 g/mol. The summed E-state index contributed by atoms with van der Waals surface area (Å²) in [5.74, 6) is -4.86. The number of alkyl halides is 6. The van der Waals surface area contributed by atoms with Crippen LogP contribution in [0.1, 0.15) is 33.0 Å². The minimum absolute atomic E-state index is 0.130. The van der Waals surface area contributed by atoms with Crippen LogP contribution in [-0.2, 0) is 6.18 Å². The van der Waals surface area contributed by atoms with Gasteiger partial charge in [0, 0.05) is 15.6 Å². The molecule has 2 aromatic rings. The lowest BCUT2D eigenvalue weighted by Crippen LogP contribution is -2.22. The summed E-state index contributed by atoms with van der Waals surface area (Å²) in [7, 11) is 1.36. The van der Waals surface area contributed by atoms with Gasteiger partial charge in [-0.1, -0.05) is 29.8 Å². The molecular formula is C20H14BrClF7NO. The summed E-state index contributed by atoms with van der Waals surface area (Å²) in [6.45, 7) is -0.400. The molecule has 1 atom stereocenters. The summed E-state index contributed by atoms with van der Waals surface area (Å²) < 4.78 is 95.6. The molecule has 11 heteroatoms. The number of ketones is 1. The largest absolute Gasteiger partial charge is 0.417 e. The van der Waals surface area contributed by atoms with E-state index in [1.165, 1.54) is 13.1 Å². The fourth-order valence-electron chi connectivity index (χ4n) is 2.75. The molecule has 0 amide bonds. The smallest absolute Gasteiger partial charge is 0.313 e. The third-order valence-corrected chi connectivity index (χ3v) is 5.42. The number of hydrogen-bond acceptors (Lipinski definition) is 2. The molecule has 0 bridgehead atoms. The molecule has 0 aliphatic heterocycles. The fraction of sp³-hybridized carbons (Fsp3) is 0.250. The average molecular weight is 533 g/mol. The lowest BCUT2D eigenvalue weighted by Gasteiger charge is -2.19. The SMILES string of the molecule is CNCC(=O)c1ccc(/C(F)=C/C(c2ccc(Cl)c(Br)c2)C(F)(F)F)cc1C(F)(F)F. The second kappa shape index (κ2) is 9.70. The number of allylic oxidation sites excluding steroid dienone is 1. The van der Waals surface area contributed by atoms with Crippen molar-refractivity contribution in [3.05, 3.63) is 74.2 Å². The number of nitrogens with one attached hydrogen (secondary N) is 1.